The predicted molar refractivity (Wildman–Crippen MR) is 70.3 cm³/mol. The molecule has 1 aliphatic rings. The Bertz CT molecular complexity index is 579. The minimum atomic E-state index is -4.72. The zero-order valence-corrected chi connectivity index (χ0v) is 13.7. The molecule has 0 aromatic heterocycles. The van der Waals surface area contributed by atoms with E-state index in [1.165, 1.54) is 13.8 Å². The quantitative estimate of drug-likeness (QED) is 0.448. The van der Waals surface area contributed by atoms with Crippen LogP contribution >= 0.6 is 0 Å². The third kappa shape index (κ3) is 3.94. The summed E-state index contributed by atoms with van der Waals surface area (Å²) in [5.74, 6) is -2.51. The third-order valence-electron chi connectivity index (χ3n) is 2.60. The van der Waals surface area contributed by atoms with Crippen molar-refractivity contribution in [2.45, 2.75) is 37.6 Å². The molecule has 0 bridgehead atoms. The zero-order chi connectivity index (χ0) is 17.1. The van der Waals surface area contributed by atoms with Gasteiger partial charge >= 0.3 is 11.9 Å². The van der Waals surface area contributed by atoms with Crippen LogP contribution in [0, 0.1) is 0 Å². The minimum absolute atomic E-state index is 0.142. The first-order valence-corrected chi connectivity index (χ1v) is 9.18. The lowest BCUT2D eigenvalue weighted by atomic mass is 10.2. The van der Waals surface area contributed by atoms with Gasteiger partial charge in [-0.15, -0.1) is 0 Å². The molecule has 0 radical (unpaired) electrons. The van der Waals surface area contributed by atoms with Crippen LogP contribution in [0.5, 0.6) is 0 Å². The van der Waals surface area contributed by atoms with Gasteiger partial charge in [0.2, 0.25) is 16.8 Å². The second-order valence-corrected chi connectivity index (χ2v) is 8.16. The van der Waals surface area contributed by atoms with Gasteiger partial charge in [0.1, 0.15) is 0 Å². The number of hydrogen-bond donors (Lipinski definition) is 0. The van der Waals surface area contributed by atoms with Crippen molar-refractivity contribution in [2.24, 2.45) is 0 Å². The van der Waals surface area contributed by atoms with Crippen LogP contribution in [0.2, 0.25) is 0 Å². The van der Waals surface area contributed by atoms with E-state index in [0.717, 1.165) is 6.92 Å². The van der Waals surface area contributed by atoms with Crippen molar-refractivity contribution >= 4 is 32.2 Å². The highest BCUT2D eigenvalue weighted by atomic mass is 32.3. The van der Waals surface area contributed by atoms with Crippen LogP contribution in [0.1, 0.15) is 20.8 Å². The monoisotopic (exact) mass is 360 g/mol. The van der Waals surface area contributed by atoms with E-state index in [1.807, 2.05) is 0 Å². The molecule has 0 saturated carbocycles. The van der Waals surface area contributed by atoms with Gasteiger partial charge in [0, 0.05) is 0 Å². The van der Waals surface area contributed by atoms with Crippen molar-refractivity contribution < 1.29 is 44.3 Å². The number of rotatable bonds is 4. The Morgan fingerprint density at radius 2 is 1.18 bits per heavy atom. The molecule has 1 aliphatic heterocycles. The molecule has 0 aliphatic carbocycles. The zero-order valence-electron chi connectivity index (χ0n) is 12.0. The lowest BCUT2D eigenvalue weighted by molar-refractivity contribution is -0.167. The van der Waals surface area contributed by atoms with Crippen LogP contribution in [0.25, 0.3) is 0 Å². The lowest BCUT2D eigenvalue weighted by Crippen LogP contribution is -2.45. The Kier molecular flexibility index (Phi) is 5.89. The average Bonchev–Trinajstić information content (AvgIpc) is 2.48. The summed E-state index contributed by atoms with van der Waals surface area (Å²) in [6.07, 6.45) is -4.22. The number of ether oxygens (including phenoxy) is 2. The van der Waals surface area contributed by atoms with E-state index in [4.69, 9.17) is 0 Å². The van der Waals surface area contributed by atoms with Crippen molar-refractivity contribution in [3.05, 3.63) is 0 Å². The molecule has 128 valence electrons. The van der Waals surface area contributed by atoms with Crippen LogP contribution in [0.15, 0.2) is 0 Å². The van der Waals surface area contributed by atoms with Gasteiger partial charge in [0.05, 0.1) is 13.2 Å². The molecule has 10 nitrogen and oxygen atoms in total. The fraction of sp³-hybridized carbons (Fsp3) is 0.800. The highest BCUT2D eigenvalue weighted by molar-refractivity contribution is 8.04. The van der Waals surface area contributed by atoms with Crippen LogP contribution in [-0.4, -0.2) is 58.8 Å². The van der Waals surface area contributed by atoms with Gasteiger partial charge in [-0.1, -0.05) is 0 Å². The smallest absolute Gasteiger partial charge is 0.340 e. The Morgan fingerprint density at radius 3 is 1.45 bits per heavy atom. The summed E-state index contributed by atoms with van der Waals surface area (Å²) in [4.78, 5) is 23.6. The van der Waals surface area contributed by atoms with Crippen LogP contribution in [0.4, 0.5) is 0 Å². The Labute approximate surface area is 127 Å². The molecule has 2 unspecified atom stereocenters. The molecule has 12 heteroatoms. The summed E-state index contributed by atoms with van der Waals surface area (Å²) in [5, 5.41) is 0. The van der Waals surface area contributed by atoms with Gasteiger partial charge in [-0.2, -0.15) is 16.8 Å². The maximum atomic E-state index is 11.8. The summed E-state index contributed by atoms with van der Waals surface area (Å²) < 4.78 is 63.4. The molecule has 1 rings (SSSR count). The van der Waals surface area contributed by atoms with Gasteiger partial charge < -0.3 is 9.47 Å². The first kappa shape index (κ1) is 18.8. The molecule has 0 amide bonds. The molecule has 1 heterocycles. The SMILES string of the molecule is CCOC(=O)C1OS(=O)(=O)C(C)S(=O)(=O)OC1C(=O)OCC. The molecule has 0 N–H and O–H groups in total. The molecular formula is C10H16O10S2. The van der Waals surface area contributed by atoms with Crippen molar-refractivity contribution in [1.82, 2.24) is 0 Å². The largest absolute Gasteiger partial charge is 0.464 e. The summed E-state index contributed by atoms with van der Waals surface area (Å²) in [6, 6.07) is 0. The highest BCUT2D eigenvalue weighted by Gasteiger charge is 2.52. The molecule has 2 atom stereocenters. The topological polar surface area (TPSA) is 139 Å². The van der Waals surface area contributed by atoms with E-state index >= 15 is 0 Å². The summed E-state index contributed by atoms with van der Waals surface area (Å²) in [7, 11) is -9.44. The molecule has 0 aromatic carbocycles. The first-order chi connectivity index (χ1) is 10.1. The lowest BCUT2D eigenvalue weighted by Gasteiger charge is -2.19. The van der Waals surface area contributed by atoms with Crippen LogP contribution < -0.4 is 0 Å². The van der Waals surface area contributed by atoms with E-state index in [0.29, 0.717) is 0 Å². The Hall–Kier alpha value is -1.24. The molecule has 1 saturated heterocycles. The van der Waals surface area contributed by atoms with Crippen molar-refractivity contribution in [2.75, 3.05) is 13.2 Å². The van der Waals surface area contributed by atoms with E-state index < -0.39 is 49.0 Å². The fourth-order valence-corrected chi connectivity index (χ4v) is 4.14. The molecule has 0 spiro atoms. The van der Waals surface area contributed by atoms with E-state index in [2.05, 4.69) is 17.8 Å². The fourth-order valence-electron chi connectivity index (χ4n) is 1.47. The third-order valence-corrected chi connectivity index (χ3v) is 6.59. The average molecular weight is 360 g/mol. The van der Waals surface area contributed by atoms with E-state index in [9.17, 15) is 26.4 Å². The molecular weight excluding hydrogens is 344 g/mol. The summed E-state index contributed by atoms with van der Waals surface area (Å²) in [5.41, 5.74) is 0. The Balaban J connectivity index is 3.34. The number of carbonyl (C=O) groups excluding carboxylic acids is 2. The van der Waals surface area contributed by atoms with Gasteiger partial charge in [-0.3, -0.25) is 8.37 Å². The van der Waals surface area contributed by atoms with E-state index in [1.54, 1.807) is 0 Å². The second-order valence-electron chi connectivity index (χ2n) is 4.09. The van der Waals surface area contributed by atoms with Crippen molar-refractivity contribution in [1.29, 1.82) is 0 Å². The van der Waals surface area contributed by atoms with Gasteiger partial charge in [0.15, 0.2) is 0 Å². The molecule has 1 fully saturated rings. The molecule has 0 aromatic rings. The van der Waals surface area contributed by atoms with Crippen molar-refractivity contribution in [3.63, 3.8) is 0 Å². The normalized spacial score (nSPS) is 30.0. The summed E-state index contributed by atoms with van der Waals surface area (Å²) >= 11 is 0. The second kappa shape index (κ2) is 6.89. The van der Waals surface area contributed by atoms with Gasteiger partial charge in [-0.05, 0) is 20.8 Å². The van der Waals surface area contributed by atoms with Crippen molar-refractivity contribution in [3.8, 4) is 0 Å². The minimum Gasteiger partial charge on any atom is -0.464 e. The number of hydrogen-bond acceptors (Lipinski definition) is 10. The summed E-state index contributed by atoms with van der Waals surface area (Å²) in [6.45, 7) is 3.37. The highest BCUT2D eigenvalue weighted by Crippen LogP contribution is 2.26. The predicted octanol–water partition coefficient (Wildman–Crippen LogP) is -1.10. The Morgan fingerprint density at radius 1 is 0.864 bits per heavy atom. The first-order valence-electron chi connectivity index (χ1n) is 6.24. The maximum Gasteiger partial charge on any atom is 0.340 e. The van der Waals surface area contributed by atoms with E-state index in [-0.39, 0.29) is 13.2 Å². The van der Waals surface area contributed by atoms with Gasteiger partial charge in [0.25, 0.3) is 20.2 Å². The standard InChI is InChI=1S/C10H16O10S2/c1-4-17-9(11)7-8(10(12)18-5-2)20-22(15,16)6(3)21(13,14)19-7/h6-8H,4-5H2,1-3H3. The number of esters is 2. The maximum absolute atomic E-state index is 11.8. The molecule has 22 heavy (non-hydrogen) atoms. The number of carbonyl (C=O) groups is 2. The van der Waals surface area contributed by atoms with Gasteiger partial charge in [-0.25, -0.2) is 9.59 Å². The van der Waals surface area contributed by atoms with Crippen LogP contribution in [0.3, 0.4) is 0 Å². The van der Waals surface area contributed by atoms with Crippen LogP contribution in [-0.2, 0) is 47.7 Å².